The summed E-state index contributed by atoms with van der Waals surface area (Å²) in [5, 5.41) is 3.60. The van der Waals surface area contributed by atoms with Crippen molar-refractivity contribution in [1.29, 1.82) is 0 Å². The SMILES string of the molecule is C=C(C)C(=O)ON1CCN(CCNC(C)=O)C1=O. The van der Waals surface area contributed by atoms with Crippen molar-refractivity contribution in [3.8, 4) is 0 Å². The Hall–Kier alpha value is -2.05. The van der Waals surface area contributed by atoms with Crippen LogP contribution in [0, 0.1) is 0 Å². The lowest BCUT2D eigenvalue weighted by Gasteiger charge is -2.17. The number of hydrogen-bond donors (Lipinski definition) is 1. The summed E-state index contributed by atoms with van der Waals surface area (Å²) in [6.45, 7) is 7.90. The fraction of sp³-hybridized carbons (Fsp3) is 0.545. The van der Waals surface area contributed by atoms with Crippen LogP contribution in [-0.4, -0.2) is 54.0 Å². The van der Waals surface area contributed by atoms with Crippen molar-refractivity contribution in [2.45, 2.75) is 13.8 Å². The molecule has 0 saturated carbocycles. The summed E-state index contributed by atoms with van der Waals surface area (Å²) in [6, 6.07) is -0.380. The Morgan fingerprint density at radius 1 is 1.39 bits per heavy atom. The number of hydroxylamine groups is 2. The van der Waals surface area contributed by atoms with Gasteiger partial charge in [0.1, 0.15) is 0 Å². The number of carbonyl (C=O) groups is 3. The molecular weight excluding hydrogens is 238 g/mol. The van der Waals surface area contributed by atoms with Crippen molar-refractivity contribution in [2.75, 3.05) is 26.2 Å². The van der Waals surface area contributed by atoms with Gasteiger partial charge in [0.25, 0.3) is 0 Å². The van der Waals surface area contributed by atoms with Gasteiger partial charge in [-0.3, -0.25) is 4.79 Å². The fourth-order valence-electron chi connectivity index (χ4n) is 1.40. The minimum Gasteiger partial charge on any atom is -0.355 e. The minimum atomic E-state index is -0.618. The third kappa shape index (κ3) is 3.76. The third-order valence-corrected chi connectivity index (χ3v) is 2.35. The van der Waals surface area contributed by atoms with Crippen molar-refractivity contribution < 1.29 is 19.2 Å². The number of hydrogen-bond acceptors (Lipinski definition) is 4. The van der Waals surface area contributed by atoms with Crippen molar-refractivity contribution in [3.05, 3.63) is 12.2 Å². The van der Waals surface area contributed by atoms with Crippen LogP contribution in [0.2, 0.25) is 0 Å². The predicted octanol–water partition coefficient (Wildman–Crippen LogP) is -0.106. The molecule has 0 aliphatic carbocycles. The van der Waals surface area contributed by atoms with Gasteiger partial charge >= 0.3 is 12.0 Å². The van der Waals surface area contributed by atoms with Crippen LogP contribution in [0.4, 0.5) is 4.79 Å². The minimum absolute atomic E-state index is 0.146. The molecule has 1 aliphatic rings. The Labute approximate surface area is 105 Å². The molecule has 1 heterocycles. The van der Waals surface area contributed by atoms with Crippen LogP contribution in [0.25, 0.3) is 0 Å². The first-order valence-electron chi connectivity index (χ1n) is 5.60. The highest BCUT2D eigenvalue weighted by atomic mass is 16.7. The molecule has 0 aromatic rings. The molecule has 3 amide bonds. The van der Waals surface area contributed by atoms with Gasteiger partial charge in [-0.25, -0.2) is 9.59 Å². The average Bonchev–Trinajstić information content (AvgIpc) is 2.61. The molecule has 1 N–H and O–H groups in total. The number of nitrogens with zero attached hydrogens (tertiary/aromatic N) is 2. The highest BCUT2D eigenvalue weighted by Gasteiger charge is 2.31. The molecule has 1 aliphatic heterocycles. The second-order valence-electron chi connectivity index (χ2n) is 4.01. The van der Waals surface area contributed by atoms with Crippen LogP contribution in [0.15, 0.2) is 12.2 Å². The molecule has 1 fully saturated rings. The lowest BCUT2D eigenvalue weighted by Crippen LogP contribution is -2.38. The Bertz CT molecular complexity index is 380. The Morgan fingerprint density at radius 3 is 2.61 bits per heavy atom. The molecular formula is C11H17N3O4. The first-order chi connectivity index (χ1) is 8.41. The number of carbonyl (C=O) groups excluding carboxylic acids is 3. The van der Waals surface area contributed by atoms with Gasteiger partial charge in [0.15, 0.2) is 0 Å². The highest BCUT2D eigenvalue weighted by molar-refractivity contribution is 5.88. The third-order valence-electron chi connectivity index (χ3n) is 2.35. The Balaban J connectivity index is 2.39. The van der Waals surface area contributed by atoms with Gasteiger partial charge < -0.3 is 15.1 Å². The van der Waals surface area contributed by atoms with Gasteiger partial charge in [0.05, 0.1) is 6.54 Å². The molecule has 0 aromatic heterocycles. The summed E-state index contributed by atoms with van der Waals surface area (Å²) >= 11 is 0. The molecule has 0 atom stereocenters. The van der Waals surface area contributed by atoms with Gasteiger partial charge in [-0.15, -0.1) is 0 Å². The van der Waals surface area contributed by atoms with Crippen LogP contribution in [0.5, 0.6) is 0 Å². The smallest absolute Gasteiger partial charge is 0.355 e. The lowest BCUT2D eigenvalue weighted by atomic mass is 10.4. The fourth-order valence-corrected chi connectivity index (χ4v) is 1.40. The van der Waals surface area contributed by atoms with Crippen LogP contribution in [0.1, 0.15) is 13.8 Å². The van der Waals surface area contributed by atoms with E-state index in [1.165, 1.54) is 18.7 Å². The number of rotatable bonds is 5. The van der Waals surface area contributed by atoms with E-state index in [-0.39, 0.29) is 17.5 Å². The zero-order valence-corrected chi connectivity index (χ0v) is 10.6. The molecule has 7 heteroatoms. The van der Waals surface area contributed by atoms with Gasteiger partial charge in [0.2, 0.25) is 5.91 Å². The van der Waals surface area contributed by atoms with Gasteiger partial charge in [-0.2, -0.15) is 5.06 Å². The molecule has 18 heavy (non-hydrogen) atoms. The monoisotopic (exact) mass is 255 g/mol. The maximum atomic E-state index is 11.8. The van der Waals surface area contributed by atoms with Crippen LogP contribution in [0.3, 0.4) is 0 Å². The summed E-state index contributed by atoms with van der Waals surface area (Å²) in [5.41, 5.74) is 0.236. The van der Waals surface area contributed by atoms with Gasteiger partial charge in [-0.05, 0) is 6.92 Å². The predicted molar refractivity (Wildman–Crippen MR) is 63.3 cm³/mol. The summed E-state index contributed by atoms with van der Waals surface area (Å²) in [7, 11) is 0. The van der Waals surface area contributed by atoms with E-state index < -0.39 is 5.97 Å². The van der Waals surface area contributed by atoms with Crippen LogP contribution < -0.4 is 5.32 Å². The zero-order valence-electron chi connectivity index (χ0n) is 10.6. The molecule has 0 radical (unpaired) electrons. The van der Waals surface area contributed by atoms with E-state index in [4.69, 9.17) is 4.84 Å². The van der Waals surface area contributed by atoms with E-state index in [0.29, 0.717) is 26.2 Å². The van der Waals surface area contributed by atoms with Crippen molar-refractivity contribution >= 4 is 17.9 Å². The van der Waals surface area contributed by atoms with Gasteiger partial charge in [0, 0.05) is 32.1 Å². The maximum absolute atomic E-state index is 11.8. The summed E-state index contributed by atoms with van der Waals surface area (Å²) in [5.74, 6) is -0.765. The van der Waals surface area contributed by atoms with Crippen molar-refractivity contribution in [2.24, 2.45) is 0 Å². The number of amides is 3. The second-order valence-corrected chi connectivity index (χ2v) is 4.01. The first-order valence-corrected chi connectivity index (χ1v) is 5.60. The molecule has 0 spiro atoms. The second kappa shape index (κ2) is 6.04. The van der Waals surface area contributed by atoms with Gasteiger partial charge in [-0.1, -0.05) is 6.58 Å². The Morgan fingerprint density at radius 2 is 2.06 bits per heavy atom. The molecule has 7 nitrogen and oxygen atoms in total. The van der Waals surface area contributed by atoms with Crippen molar-refractivity contribution in [1.82, 2.24) is 15.3 Å². The van der Waals surface area contributed by atoms with Crippen LogP contribution >= 0.6 is 0 Å². The molecule has 100 valence electrons. The van der Waals surface area contributed by atoms with Crippen molar-refractivity contribution in [3.63, 3.8) is 0 Å². The molecule has 0 aromatic carbocycles. The topological polar surface area (TPSA) is 79.0 Å². The first kappa shape index (κ1) is 14.0. The standard InChI is InChI=1S/C11H17N3O4/c1-8(2)10(16)18-14-7-6-13(11(14)17)5-4-12-9(3)15/h1,4-7H2,2-3H3,(H,12,15). The quantitative estimate of drug-likeness (QED) is 0.695. The molecule has 0 unspecified atom stereocenters. The van der Waals surface area contributed by atoms with E-state index in [2.05, 4.69) is 11.9 Å². The van der Waals surface area contributed by atoms with E-state index in [0.717, 1.165) is 5.06 Å². The number of urea groups is 1. The number of nitrogens with one attached hydrogen (secondary N) is 1. The largest absolute Gasteiger partial charge is 0.358 e. The van der Waals surface area contributed by atoms with Crippen LogP contribution in [-0.2, 0) is 14.4 Å². The zero-order chi connectivity index (χ0) is 13.7. The maximum Gasteiger partial charge on any atom is 0.358 e. The van der Waals surface area contributed by atoms with E-state index in [1.54, 1.807) is 0 Å². The summed E-state index contributed by atoms with van der Waals surface area (Å²) < 4.78 is 0. The highest BCUT2D eigenvalue weighted by Crippen LogP contribution is 2.10. The average molecular weight is 255 g/mol. The normalized spacial score (nSPS) is 14.7. The summed E-state index contributed by atoms with van der Waals surface area (Å²) in [6.07, 6.45) is 0. The molecule has 1 saturated heterocycles. The summed E-state index contributed by atoms with van der Waals surface area (Å²) in [4.78, 5) is 40.1. The Kier molecular flexibility index (Phi) is 4.70. The van der Waals surface area contributed by atoms with E-state index >= 15 is 0 Å². The van der Waals surface area contributed by atoms with E-state index in [1.807, 2.05) is 0 Å². The lowest BCUT2D eigenvalue weighted by molar-refractivity contribution is -0.168. The molecule has 0 bridgehead atoms. The molecule has 1 rings (SSSR count). The van der Waals surface area contributed by atoms with E-state index in [9.17, 15) is 14.4 Å².